The molecule has 0 spiro atoms. The van der Waals surface area contributed by atoms with Crippen molar-refractivity contribution in [3.05, 3.63) is 42.0 Å². The quantitative estimate of drug-likeness (QED) is 0.192. The first-order valence-electron chi connectivity index (χ1n) is 12.2. The molecule has 6 N–H and O–H groups in total. The number of hydrogen-bond acceptors (Lipinski definition) is 6. The molecule has 0 saturated heterocycles. The van der Waals surface area contributed by atoms with Gasteiger partial charge in [0.05, 0.1) is 17.9 Å². The van der Waals surface area contributed by atoms with Crippen LogP contribution in [-0.4, -0.2) is 51.6 Å². The average molecular weight is 505 g/mol. The molecular formula is C26H40N4O6. The van der Waals surface area contributed by atoms with Gasteiger partial charge in [-0.3, -0.25) is 34.8 Å². The van der Waals surface area contributed by atoms with Gasteiger partial charge in [-0.15, -0.1) is 0 Å². The van der Waals surface area contributed by atoms with E-state index >= 15 is 0 Å². The van der Waals surface area contributed by atoms with Crippen LogP contribution in [0.5, 0.6) is 0 Å². The van der Waals surface area contributed by atoms with Crippen LogP contribution in [0.15, 0.2) is 36.4 Å². The van der Waals surface area contributed by atoms with Crippen LogP contribution in [0.25, 0.3) is 6.08 Å². The summed E-state index contributed by atoms with van der Waals surface area (Å²) >= 11 is 0. The standard InChI is InChI=1S/C26H40N4O6/c1-17(2)15-21(20(25(34)29-36)12-8-11-19-9-6-5-7-10-19)24(33)28-30(16-18(3)4)26(35)22(27)13-14-23(31)32/h5-11,17-18,20-22,36H,12-16,27H2,1-4H3,(H,28,33)(H,29,34)(H,31,32)/b11-8+/t20-,21+,22+/m0/s1. The number of allylic oxidation sites excluding steroid dienone is 1. The molecule has 0 aromatic heterocycles. The second-order valence-electron chi connectivity index (χ2n) is 9.72. The van der Waals surface area contributed by atoms with Crippen molar-refractivity contribution in [1.29, 1.82) is 0 Å². The molecule has 3 amide bonds. The third-order valence-corrected chi connectivity index (χ3v) is 5.54. The molecule has 36 heavy (non-hydrogen) atoms. The Balaban J connectivity index is 3.15. The lowest BCUT2D eigenvalue weighted by molar-refractivity contribution is -0.148. The molecule has 1 aromatic carbocycles. The summed E-state index contributed by atoms with van der Waals surface area (Å²) in [5.74, 6) is -4.65. The molecular weight excluding hydrogens is 464 g/mol. The molecule has 200 valence electrons. The fourth-order valence-corrected chi connectivity index (χ4v) is 3.79. The highest BCUT2D eigenvalue weighted by Gasteiger charge is 2.35. The van der Waals surface area contributed by atoms with Gasteiger partial charge in [-0.2, -0.15) is 0 Å². The summed E-state index contributed by atoms with van der Waals surface area (Å²) in [6.45, 7) is 7.69. The van der Waals surface area contributed by atoms with Gasteiger partial charge in [0, 0.05) is 13.0 Å². The van der Waals surface area contributed by atoms with E-state index in [0.717, 1.165) is 10.6 Å². The highest BCUT2D eigenvalue weighted by molar-refractivity contribution is 5.90. The molecule has 0 aliphatic heterocycles. The normalized spacial score (nSPS) is 13.9. The van der Waals surface area contributed by atoms with Crippen molar-refractivity contribution in [2.75, 3.05) is 6.54 Å². The molecule has 1 aromatic rings. The van der Waals surface area contributed by atoms with Crippen LogP contribution in [-0.2, 0) is 19.2 Å². The number of aliphatic carboxylic acids is 1. The van der Waals surface area contributed by atoms with E-state index in [4.69, 9.17) is 10.8 Å². The Labute approximate surface area is 212 Å². The smallest absolute Gasteiger partial charge is 0.303 e. The van der Waals surface area contributed by atoms with Gasteiger partial charge in [-0.05, 0) is 36.7 Å². The Hall–Kier alpha value is -3.24. The van der Waals surface area contributed by atoms with E-state index in [-0.39, 0.29) is 37.6 Å². The summed E-state index contributed by atoms with van der Waals surface area (Å²) in [5, 5.41) is 19.4. The SMILES string of the molecule is CC(C)C[C@@H](C(=O)NN(CC(C)C)C(=O)[C@H](N)CCC(=O)O)[C@H](C/C=C/c1ccccc1)C(=O)NO. The molecule has 3 atom stereocenters. The molecule has 0 unspecified atom stereocenters. The number of rotatable bonds is 14. The van der Waals surface area contributed by atoms with E-state index in [0.29, 0.717) is 6.42 Å². The molecule has 0 radical (unpaired) electrons. The molecule has 10 nitrogen and oxygen atoms in total. The molecule has 0 fully saturated rings. The molecule has 1 rings (SSSR count). The van der Waals surface area contributed by atoms with Gasteiger partial charge in [0.25, 0.3) is 5.91 Å². The van der Waals surface area contributed by atoms with Gasteiger partial charge in [0.15, 0.2) is 0 Å². The predicted molar refractivity (Wildman–Crippen MR) is 136 cm³/mol. The van der Waals surface area contributed by atoms with Crippen molar-refractivity contribution in [3.63, 3.8) is 0 Å². The van der Waals surface area contributed by atoms with Crippen LogP contribution in [0.1, 0.15) is 58.9 Å². The number of hydrogen-bond donors (Lipinski definition) is 5. The van der Waals surface area contributed by atoms with E-state index in [1.54, 1.807) is 11.6 Å². The zero-order valence-electron chi connectivity index (χ0n) is 21.5. The largest absolute Gasteiger partial charge is 0.481 e. The van der Waals surface area contributed by atoms with Crippen LogP contribution >= 0.6 is 0 Å². The summed E-state index contributed by atoms with van der Waals surface area (Å²) in [7, 11) is 0. The molecule has 10 heteroatoms. The summed E-state index contributed by atoms with van der Waals surface area (Å²) in [6.07, 6.45) is 3.76. The van der Waals surface area contributed by atoms with Gasteiger partial charge >= 0.3 is 5.97 Å². The third kappa shape index (κ3) is 11.0. The maximum absolute atomic E-state index is 13.4. The Morgan fingerprint density at radius 1 is 1.00 bits per heavy atom. The van der Waals surface area contributed by atoms with Crippen molar-refractivity contribution in [3.8, 4) is 0 Å². The summed E-state index contributed by atoms with van der Waals surface area (Å²) in [6, 6.07) is 8.36. The molecule has 0 heterocycles. The maximum Gasteiger partial charge on any atom is 0.303 e. The average Bonchev–Trinajstić information content (AvgIpc) is 2.82. The second-order valence-corrected chi connectivity index (χ2v) is 9.72. The summed E-state index contributed by atoms with van der Waals surface area (Å²) in [4.78, 5) is 49.8. The highest BCUT2D eigenvalue weighted by Crippen LogP contribution is 2.26. The van der Waals surface area contributed by atoms with E-state index in [9.17, 15) is 24.4 Å². The topological polar surface area (TPSA) is 162 Å². The van der Waals surface area contributed by atoms with Crippen molar-refractivity contribution >= 4 is 29.8 Å². The monoisotopic (exact) mass is 504 g/mol. The third-order valence-electron chi connectivity index (χ3n) is 5.54. The highest BCUT2D eigenvalue weighted by atomic mass is 16.5. The number of carboxylic acid groups (broad SMARTS) is 1. The van der Waals surface area contributed by atoms with Crippen LogP contribution in [0.4, 0.5) is 0 Å². The van der Waals surface area contributed by atoms with Crippen LogP contribution < -0.4 is 16.6 Å². The van der Waals surface area contributed by atoms with Gasteiger partial charge < -0.3 is 10.8 Å². The van der Waals surface area contributed by atoms with Crippen molar-refractivity contribution in [2.24, 2.45) is 29.4 Å². The number of benzene rings is 1. The molecule has 0 saturated carbocycles. The van der Waals surface area contributed by atoms with E-state index < -0.39 is 41.6 Å². The number of nitrogens with one attached hydrogen (secondary N) is 2. The zero-order chi connectivity index (χ0) is 27.3. The fourth-order valence-electron chi connectivity index (χ4n) is 3.79. The van der Waals surface area contributed by atoms with Crippen LogP contribution in [0, 0.1) is 23.7 Å². The molecule has 0 bridgehead atoms. The number of carbonyl (C=O) groups is 4. The van der Waals surface area contributed by atoms with Crippen LogP contribution in [0.2, 0.25) is 0 Å². The minimum absolute atomic E-state index is 0.0187. The number of amides is 3. The number of nitrogens with zero attached hydrogens (tertiary/aromatic N) is 1. The Morgan fingerprint density at radius 3 is 2.17 bits per heavy atom. The Morgan fingerprint density at radius 2 is 1.64 bits per heavy atom. The number of carboxylic acids is 1. The summed E-state index contributed by atoms with van der Waals surface area (Å²) < 4.78 is 0. The fraction of sp³-hybridized carbons (Fsp3) is 0.538. The molecule has 0 aliphatic rings. The van der Waals surface area contributed by atoms with E-state index in [1.165, 1.54) is 0 Å². The second kappa shape index (κ2) is 15.7. The number of nitrogens with two attached hydrogens (primary N) is 1. The van der Waals surface area contributed by atoms with Gasteiger partial charge in [0.1, 0.15) is 0 Å². The van der Waals surface area contributed by atoms with Gasteiger partial charge in [0.2, 0.25) is 11.8 Å². The van der Waals surface area contributed by atoms with Crippen molar-refractivity contribution in [1.82, 2.24) is 15.9 Å². The minimum Gasteiger partial charge on any atom is -0.481 e. The zero-order valence-corrected chi connectivity index (χ0v) is 21.5. The Kier molecular flexibility index (Phi) is 13.4. The summed E-state index contributed by atoms with van der Waals surface area (Å²) in [5.41, 5.74) is 11.1. The predicted octanol–water partition coefficient (Wildman–Crippen LogP) is 2.58. The van der Waals surface area contributed by atoms with Crippen LogP contribution in [0.3, 0.4) is 0 Å². The first-order chi connectivity index (χ1) is 17.0. The van der Waals surface area contributed by atoms with Gasteiger partial charge in [-0.25, -0.2) is 5.48 Å². The lowest BCUT2D eigenvalue weighted by atomic mass is 9.82. The molecule has 0 aliphatic carbocycles. The Bertz CT molecular complexity index is 888. The van der Waals surface area contributed by atoms with Crippen molar-refractivity contribution in [2.45, 2.75) is 59.4 Å². The lowest BCUT2D eigenvalue weighted by Crippen LogP contribution is -2.56. The number of hydroxylamine groups is 1. The first-order valence-corrected chi connectivity index (χ1v) is 12.2. The van der Waals surface area contributed by atoms with E-state index in [1.807, 2.05) is 64.1 Å². The minimum atomic E-state index is -1.10. The number of carbonyl (C=O) groups excluding carboxylic acids is 3. The first kappa shape index (κ1) is 30.8. The maximum atomic E-state index is 13.4. The lowest BCUT2D eigenvalue weighted by Gasteiger charge is -2.31. The number of hydrazine groups is 1. The van der Waals surface area contributed by atoms with Crippen molar-refractivity contribution < 1.29 is 29.5 Å². The van der Waals surface area contributed by atoms with E-state index in [2.05, 4.69) is 5.43 Å². The van der Waals surface area contributed by atoms with Gasteiger partial charge in [-0.1, -0.05) is 70.2 Å².